The molecular weight excluding hydrogens is 601 g/mol. The highest BCUT2D eigenvalue weighted by molar-refractivity contribution is 5.73. The summed E-state index contributed by atoms with van der Waals surface area (Å²) in [6, 6.07) is 4.26. The van der Waals surface area contributed by atoms with Crippen molar-refractivity contribution in [2.45, 2.75) is 44.8 Å². The van der Waals surface area contributed by atoms with Crippen molar-refractivity contribution in [1.29, 1.82) is 0 Å². The fourth-order valence-corrected chi connectivity index (χ4v) is 3.79. The van der Waals surface area contributed by atoms with Crippen molar-refractivity contribution >= 4 is 17.9 Å². The Balaban J connectivity index is 0.000000660. The number of carboxylic acids is 3. The average Bonchev–Trinajstić information content (AvgIpc) is 3.06. The standard InChI is InChI=1S/C17H27N3O.3C2HF3O2/c1-2-19-10-11-21-15-17(13-19)6-3-9-20(14-17)12-16-4-7-18-8-5-16;3*3-2(4,5)1(6)7/h4-5,7-8H,2-3,6,9-15H2,1H3;3*(H,6,7). The molecule has 1 atom stereocenters. The molecule has 2 saturated heterocycles. The molecule has 3 rings (SSSR count). The summed E-state index contributed by atoms with van der Waals surface area (Å²) in [5.41, 5.74) is 1.70. The van der Waals surface area contributed by atoms with E-state index in [1.54, 1.807) is 0 Å². The highest BCUT2D eigenvalue weighted by Crippen LogP contribution is 2.33. The first-order valence-electron chi connectivity index (χ1n) is 11.9. The predicted octanol–water partition coefficient (Wildman–Crippen LogP) is 3.92. The van der Waals surface area contributed by atoms with E-state index >= 15 is 0 Å². The predicted molar refractivity (Wildman–Crippen MR) is 125 cm³/mol. The van der Waals surface area contributed by atoms with Gasteiger partial charge in [0.15, 0.2) is 0 Å². The number of likely N-dealkylation sites (tertiary alicyclic amines) is 1. The van der Waals surface area contributed by atoms with Crippen LogP contribution in [0.3, 0.4) is 0 Å². The molecule has 10 nitrogen and oxygen atoms in total. The molecule has 242 valence electrons. The second-order valence-electron chi connectivity index (χ2n) is 9.00. The molecule has 0 amide bonds. The number of aromatic nitrogens is 1. The number of hydrogen-bond donors (Lipinski definition) is 3. The maximum Gasteiger partial charge on any atom is 0.490 e. The summed E-state index contributed by atoms with van der Waals surface area (Å²) in [4.78, 5) is 36.0. The van der Waals surface area contributed by atoms with E-state index in [1.807, 2.05) is 12.4 Å². The van der Waals surface area contributed by atoms with Gasteiger partial charge in [0.2, 0.25) is 0 Å². The normalized spacial score (nSPS) is 20.0. The van der Waals surface area contributed by atoms with Crippen LogP contribution >= 0.6 is 0 Å². The molecule has 0 bridgehead atoms. The van der Waals surface area contributed by atoms with E-state index in [1.165, 1.54) is 31.5 Å². The van der Waals surface area contributed by atoms with E-state index in [9.17, 15) is 39.5 Å². The summed E-state index contributed by atoms with van der Waals surface area (Å²) in [7, 11) is 0. The van der Waals surface area contributed by atoms with E-state index in [2.05, 4.69) is 33.8 Å². The fraction of sp³-hybridized carbons (Fsp3) is 0.652. The third kappa shape index (κ3) is 16.3. The fourth-order valence-electron chi connectivity index (χ4n) is 3.79. The number of nitrogens with zero attached hydrogens (tertiary/aromatic N) is 3. The topological polar surface area (TPSA) is 140 Å². The van der Waals surface area contributed by atoms with Gasteiger partial charge in [-0.1, -0.05) is 6.92 Å². The van der Waals surface area contributed by atoms with Crippen LogP contribution in [0.5, 0.6) is 0 Å². The average molecular weight is 631 g/mol. The molecule has 3 N–H and O–H groups in total. The first kappa shape index (κ1) is 38.8. The Morgan fingerprint density at radius 1 is 0.833 bits per heavy atom. The molecular formula is C23H30F9N3O7. The van der Waals surface area contributed by atoms with E-state index < -0.39 is 36.4 Å². The quantitative estimate of drug-likeness (QED) is 0.421. The molecule has 42 heavy (non-hydrogen) atoms. The Hall–Kier alpha value is -3.19. The van der Waals surface area contributed by atoms with Crippen LogP contribution in [0.15, 0.2) is 24.5 Å². The number of carbonyl (C=O) groups is 3. The van der Waals surface area contributed by atoms with Crippen LogP contribution in [-0.2, 0) is 25.7 Å². The maximum absolute atomic E-state index is 10.6. The second kappa shape index (κ2) is 17.1. The third-order valence-corrected chi connectivity index (χ3v) is 5.59. The van der Waals surface area contributed by atoms with E-state index in [-0.39, 0.29) is 0 Å². The summed E-state index contributed by atoms with van der Waals surface area (Å²) >= 11 is 0. The van der Waals surface area contributed by atoms with Crippen molar-refractivity contribution in [2.24, 2.45) is 5.41 Å². The van der Waals surface area contributed by atoms with Gasteiger partial charge in [0.25, 0.3) is 0 Å². The van der Waals surface area contributed by atoms with Crippen molar-refractivity contribution in [2.75, 3.05) is 45.9 Å². The monoisotopic (exact) mass is 631 g/mol. The number of aliphatic carboxylic acids is 3. The molecule has 0 saturated carbocycles. The third-order valence-electron chi connectivity index (χ3n) is 5.59. The molecule has 1 aromatic rings. The molecule has 1 unspecified atom stereocenters. The van der Waals surface area contributed by atoms with Crippen LogP contribution in [0.1, 0.15) is 25.3 Å². The van der Waals surface area contributed by atoms with Gasteiger partial charge in [-0.15, -0.1) is 0 Å². The Labute approximate surface area is 233 Å². The SMILES string of the molecule is CCN1CCOCC2(CCCN(Cc3ccncc3)C2)C1.O=C(O)C(F)(F)F.O=C(O)C(F)(F)F.O=C(O)C(F)(F)F. The number of rotatable bonds is 3. The lowest BCUT2D eigenvalue weighted by Crippen LogP contribution is -2.50. The molecule has 2 aliphatic heterocycles. The van der Waals surface area contributed by atoms with Gasteiger partial charge in [-0.3, -0.25) is 9.88 Å². The second-order valence-corrected chi connectivity index (χ2v) is 9.00. The van der Waals surface area contributed by atoms with Gasteiger partial charge >= 0.3 is 36.4 Å². The Morgan fingerprint density at radius 2 is 1.26 bits per heavy atom. The minimum absolute atomic E-state index is 0.331. The van der Waals surface area contributed by atoms with Gasteiger partial charge in [-0.2, -0.15) is 39.5 Å². The van der Waals surface area contributed by atoms with Gasteiger partial charge in [0.05, 0.1) is 13.2 Å². The van der Waals surface area contributed by atoms with Crippen molar-refractivity contribution < 1.29 is 74.0 Å². The summed E-state index contributed by atoms with van der Waals surface area (Å²) in [5, 5.41) is 21.4. The molecule has 0 radical (unpaired) electrons. The van der Waals surface area contributed by atoms with Gasteiger partial charge in [0, 0.05) is 44.0 Å². The Morgan fingerprint density at radius 3 is 1.67 bits per heavy atom. The lowest BCUT2D eigenvalue weighted by molar-refractivity contribution is -0.193. The zero-order valence-corrected chi connectivity index (χ0v) is 22.1. The zero-order chi connectivity index (χ0) is 32.8. The molecule has 1 aromatic heterocycles. The van der Waals surface area contributed by atoms with E-state index in [4.69, 9.17) is 34.4 Å². The van der Waals surface area contributed by atoms with Crippen LogP contribution in [0.4, 0.5) is 39.5 Å². The number of piperidine rings is 1. The number of likely N-dealkylation sites (N-methyl/N-ethyl adjacent to an activating group) is 1. The van der Waals surface area contributed by atoms with Crippen molar-refractivity contribution in [3.8, 4) is 0 Å². The highest BCUT2D eigenvalue weighted by atomic mass is 19.4. The molecule has 0 aromatic carbocycles. The molecule has 0 aliphatic carbocycles. The van der Waals surface area contributed by atoms with Gasteiger partial charge < -0.3 is 25.0 Å². The minimum atomic E-state index is -5.08. The van der Waals surface area contributed by atoms with E-state index in [0.717, 1.165) is 39.4 Å². The number of pyridine rings is 1. The van der Waals surface area contributed by atoms with Crippen LogP contribution in [0, 0.1) is 5.41 Å². The highest BCUT2D eigenvalue weighted by Gasteiger charge is 2.40. The molecule has 3 heterocycles. The van der Waals surface area contributed by atoms with Crippen LogP contribution in [0.2, 0.25) is 0 Å². The summed E-state index contributed by atoms with van der Waals surface area (Å²) in [6.07, 6.45) is -8.88. The van der Waals surface area contributed by atoms with Gasteiger partial charge in [-0.05, 0) is 43.6 Å². The molecule has 2 aliphatic rings. The summed E-state index contributed by atoms with van der Waals surface area (Å²) in [6.45, 7) is 10.9. The number of ether oxygens (including phenoxy) is 1. The van der Waals surface area contributed by atoms with Crippen molar-refractivity contribution in [3.63, 3.8) is 0 Å². The van der Waals surface area contributed by atoms with Crippen LogP contribution in [0.25, 0.3) is 0 Å². The molecule has 2 fully saturated rings. The minimum Gasteiger partial charge on any atom is -0.475 e. The lowest BCUT2D eigenvalue weighted by atomic mass is 9.80. The van der Waals surface area contributed by atoms with Crippen LogP contribution < -0.4 is 0 Å². The summed E-state index contributed by atoms with van der Waals surface area (Å²) < 4.78 is 101. The largest absolute Gasteiger partial charge is 0.490 e. The number of alkyl halides is 9. The molecule has 19 heteroatoms. The smallest absolute Gasteiger partial charge is 0.475 e. The molecule has 1 spiro atoms. The van der Waals surface area contributed by atoms with E-state index in [0.29, 0.717) is 5.41 Å². The number of halogens is 9. The Kier molecular flexibility index (Phi) is 15.8. The Bertz CT molecular complexity index is 920. The number of hydrogen-bond acceptors (Lipinski definition) is 7. The maximum atomic E-state index is 10.6. The van der Waals surface area contributed by atoms with Crippen LogP contribution in [-0.4, -0.2) is 112 Å². The van der Waals surface area contributed by atoms with Gasteiger partial charge in [-0.25, -0.2) is 14.4 Å². The summed E-state index contributed by atoms with van der Waals surface area (Å²) in [5.74, 6) is -8.27. The number of carboxylic acid groups (broad SMARTS) is 3. The lowest BCUT2D eigenvalue weighted by Gasteiger charge is -2.43. The van der Waals surface area contributed by atoms with Gasteiger partial charge in [0.1, 0.15) is 0 Å². The first-order valence-corrected chi connectivity index (χ1v) is 11.9. The van der Waals surface area contributed by atoms with Crippen molar-refractivity contribution in [3.05, 3.63) is 30.1 Å². The zero-order valence-electron chi connectivity index (χ0n) is 22.1. The van der Waals surface area contributed by atoms with Crippen molar-refractivity contribution in [1.82, 2.24) is 14.8 Å². The first-order chi connectivity index (χ1) is 19.1.